The van der Waals surface area contributed by atoms with Crippen LogP contribution in [0.3, 0.4) is 0 Å². The molecule has 18 heavy (non-hydrogen) atoms. The van der Waals surface area contributed by atoms with Crippen LogP contribution in [0.1, 0.15) is 71.6 Å². The van der Waals surface area contributed by atoms with Crippen LogP contribution < -0.4 is 0 Å². The lowest BCUT2D eigenvalue weighted by atomic mass is 9.72. The van der Waals surface area contributed by atoms with Gasteiger partial charge in [-0.2, -0.15) is 0 Å². The van der Waals surface area contributed by atoms with Gasteiger partial charge >= 0.3 is 0 Å². The van der Waals surface area contributed by atoms with Gasteiger partial charge in [0, 0.05) is 17.6 Å². The molecule has 1 heterocycles. The topological polar surface area (TPSA) is 3.24 Å². The second kappa shape index (κ2) is 3.98. The van der Waals surface area contributed by atoms with Gasteiger partial charge in [-0.3, -0.25) is 4.90 Å². The molecule has 4 atom stereocenters. The van der Waals surface area contributed by atoms with Crippen molar-refractivity contribution in [1.29, 1.82) is 0 Å². The molecule has 5 aliphatic rings. The van der Waals surface area contributed by atoms with Crippen molar-refractivity contribution < 1.29 is 0 Å². The van der Waals surface area contributed by atoms with E-state index in [0.717, 1.165) is 29.8 Å². The molecule has 1 saturated heterocycles. The van der Waals surface area contributed by atoms with Gasteiger partial charge < -0.3 is 0 Å². The first-order chi connectivity index (χ1) is 8.72. The van der Waals surface area contributed by atoms with Gasteiger partial charge in [-0.25, -0.2) is 0 Å². The summed E-state index contributed by atoms with van der Waals surface area (Å²) in [4.78, 5) is 3.05. The molecule has 4 bridgehead atoms. The maximum Gasteiger partial charge on any atom is 0.0223 e. The minimum atomic E-state index is 0.664. The quantitative estimate of drug-likeness (QED) is 0.706. The minimum absolute atomic E-state index is 0.664. The Bertz CT molecular complexity index is 317. The van der Waals surface area contributed by atoms with Crippen LogP contribution in [-0.4, -0.2) is 22.5 Å². The molecule has 0 N–H and O–H groups in total. The SMILES string of the molecule is CC[C@@H]1CCC[C@H](C)N1C12CC3CC(C1)C(C3)C2. The van der Waals surface area contributed by atoms with Crippen molar-refractivity contribution in [3.8, 4) is 0 Å². The van der Waals surface area contributed by atoms with Crippen molar-refractivity contribution in [2.45, 2.75) is 89.3 Å². The number of hydrogen-bond acceptors (Lipinski definition) is 1. The summed E-state index contributed by atoms with van der Waals surface area (Å²) < 4.78 is 0. The molecule has 0 aromatic heterocycles. The van der Waals surface area contributed by atoms with E-state index in [2.05, 4.69) is 18.7 Å². The Kier molecular flexibility index (Phi) is 2.60. The van der Waals surface area contributed by atoms with E-state index in [9.17, 15) is 0 Å². The molecular formula is C17H29N. The Balaban J connectivity index is 1.65. The van der Waals surface area contributed by atoms with Gasteiger partial charge in [0.1, 0.15) is 0 Å². The van der Waals surface area contributed by atoms with Gasteiger partial charge in [-0.1, -0.05) is 13.3 Å². The first-order valence-electron chi connectivity index (χ1n) is 8.50. The van der Waals surface area contributed by atoms with E-state index in [4.69, 9.17) is 0 Å². The average Bonchev–Trinajstić information content (AvgIpc) is 2.76. The Morgan fingerprint density at radius 2 is 1.78 bits per heavy atom. The maximum atomic E-state index is 3.05. The fourth-order valence-electron chi connectivity index (χ4n) is 6.63. The summed E-state index contributed by atoms with van der Waals surface area (Å²) in [5.74, 6) is 3.35. The molecule has 5 fully saturated rings. The average molecular weight is 247 g/mol. The maximum absolute atomic E-state index is 3.05. The molecule has 4 aliphatic carbocycles. The fraction of sp³-hybridized carbons (Fsp3) is 1.00. The molecule has 0 amide bonds. The zero-order valence-electron chi connectivity index (χ0n) is 12.2. The highest BCUT2D eigenvalue weighted by molar-refractivity contribution is 5.13. The molecule has 4 saturated carbocycles. The van der Waals surface area contributed by atoms with Crippen molar-refractivity contribution in [1.82, 2.24) is 4.90 Å². The highest BCUT2D eigenvalue weighted by Gasteiger charge is 2.59. The number of rotatable bonds is 2. The van der Waals surface area contributed by atoms with Crippen molar-refractivity contribution in [2.75, 3.05) is 0 Å². The van der Waals surface area contributed by atoms with Gasteiger partial charge in [0.25, 0.3) is 0 Å². The van der Waals surface area contributed by atoms with Crippen LogP contribution in [0.15, 0.2) is 0 Å². The Labute approximate surface area is 112 Å². The van der Waals surface area contributed by atoms with Crippen LogP contribution in [-0.2, 0) is 0 Å². The number of nitrogens with zero attached hydrogens (tertiary/aromatic N) is 1. The van der Waals surface area contributed by atoms with Crippen LogP contribution >= 0.6 is 0 Å². The van der Waals surface area contributed by atoms with Gasteiger partial charge in [0.15, 0.2) is 0 Å². The van der Waals surface area contributed by atoms with Gasteiger partial charge in [0.2, 0.25) is 0 Å². The molecule has 1 heteroatoms. The second-order valence-electron chi connectivity index (χ2n) is 7.94. The standard InChI is InChI=1S/C17H29N/c1-3-16-6-4-5-12(2)18(16)17-9-13-7-14(10-17)15(8-13)11-17/h12-16H,3-11H2,1-2H3/t12-,13?,14?,15?,16+,17?/m0/s1. The largest absolute Gasteiger partial charge is 0.292 e. The molecular weight excluding hydrogens is 218 g/mol. The molecule has 0 radical (unpaired) electrons. The monoisotopic (exact) mass is 247 g/mol. The lowest BCUT2D eigenvalue weighted by Gasteiger charge is -2.55. The van der Waals surface area contributed by atoms with Crippen molar-refractivity contribution in [3.63, 3.8) is 0 Å². The summed E-state index contributed by atoms with van der Waals surface area (Å²) in [6, 6.07) is 1.77. The third kappa shape index (κ3) is 1.49. The molecule has 0 aromatic carbocycles. The Hall–Kier alpha value is -0.0400. The number of likely N-dealkylation sites (tertiary alicyclic amines) is 1. The summed E-state index contributed by atoms with van der Waals surface area (Å²) in [6.07, 6.45) is 13.6. The summed E-state index contributed by atoms with van der Waals surface area (Å²) in [5.41, 5.74) is 0.664. The minimum Gasteiger partial charge on any atom is -0.292 e. The summed E-state index contributed by atoms with van der Waals surface area (Å²) >= 11 is 0. The molecule has 1 nitrogen and oxygen atoms in total. The predicted molar refractivity (Wildman–Crippen MR) is 75.5 cm³/mol. The highest BCUT2D eigenvalue weighted by atomic mass is 15.3. The zero-order valence-corrected chi connectivity index (χ0v) is 12.2. The van der Waals surface area contributed by atoms with E-state index in [1.54, 1.807) is 32.1 Å². The Morgan fingerprint density at radius 3 is 2.39 bits per heavy atom. The summed E-state index contributed by atoms with van der Waals surface area (Å²) in [6.45, 7) is 4.94. The number of piperidine rings is 1. The van der Waals surface area contributed by atoms with E-state index < -0.39 is 0 Å². The highest BCUT2D eigenvalue weighted by Crippen LogP contribution is 2.63. The van der Waals surface area contributed by atoms with Crippen LogP contribution in [0.2, 0.25) is 0 Å². The van der Waals surface area contributed by atoms with E-state index in [0.29, 0.717) is 5.54 Å². The lowest BCUT2D eigenvalue weighted by Crippen LogP contribution is -2.60. The molecule has 0 spiro atoms. The van der Waals surface area contributed by atoms with Crippen LogP contribution in [0.25, 0.3) is 0 Å². The lowest BCUT2D eigenvalue weighted by molar-refractivity contribution is -0.0519. The first kappa shape index (κ1) is 11.8. The second-order valence-corrected chi connectivity index (χ2v) is 7.94. The van der Waals surface area contributed by atoms with Crippen molar-refractivity contribution in [3.05, 3.63) is 0 Å². The van der Waals surface area contributed by atoms with Crippen LogP contribution in [0, 0.1) is 17.8 Å². The summed E-state index contributed by atoms with van der Waals surface area (Å²) in [7, 11) is 0. The van der Waals surface area contributed by atoms with Crippen LogP contribution in [0.5, 0.6) is 0 Å². The molecule has 0 aromatic rings. The van der Waals surface area contributed by atoms with E-state index in [1.807, 2.05) is 0 Å². The molecule has 5 rings (SSSR count). The van der Waals surface area contributed by atoms with Gasteiger partial charge in [-0.15, -0.1) is 0 Å². The van der Waals surface area contributed by atoms with Gasteiger partial charge in [-0.05, 0) is 76.0 Å². The molecule has 2 unspecified atom stereocenters. The smallest absolute Gasteiger partial charge is 0.0223 e. The first-order valence-corrected chi connectivity index (χ1v) is 8.50. The van der Waals surface area contributed by atoms with E-state index >= 15 is 0 Å². The Morgan fingerprint density at radius 1 is 1.06 bits per heavy atom. The van der Waals surface area contributed by atoms with Crippen LogP contribution in [0.4, 0.5) is 0 Å². The zero-order chi connectivity index (χ0) is 12.3. The van der Waals surface area contributed by atoms with Crippen molar-refractivity contribution in [2.24, 2.45) is 17.8 Å². The van der Waals surface area contributed by atoms with Gasteiger partial charge in [0.05, 0.1) is 0 Å². The molecule has 102 valence electrons. The predicted octanol–water partition coefficient (Wildman–Crippen LogP) is 4.22. The number of hydrogen-bond donors (Lipinski definition) is 0. The van der Waals surface area contributed by atoms with E-state index in [1.165, 1.54) is 25.7 Å². The fourth-order valence-corrected chi connectivity index (χ4v) is 6.63. The third-order valence-electron chi connectivity index (χ3n) is 6.94. The van der Waals surface area contributed by atoms with Crippen molar-refractivity contribution >= 4 is 0 Å². The molecule has 1 aliphatic heterocycles. The summed E-state index contributed by atoms with van der Waals surface area (Å²) in [5, 5.41) is 0. The normalized spacial score (nSPS) is 55.3. The third-order valence-corrected chi connectivity index (χ3v) is 6.94. The van der Waals surface area contributed by atoms with E-state index in [-0.39, 0.29) is 0 Å².